The van der Waals surface area contributed by atoms with Gasteiger partial charge in [-0.1, -0.05) is 0 Å². The number of benzene rings is 1. The second-order valence-electron chi connectivity index (χ2n) is 7.45. The van der Waals surface area contributed by atoms with Crippen molar-refractivity contribution in [3.8, 4) is 11.4 Å². The van der Waals surface area contributed by atoms with Crippen LogP contribution in [0, 0.1) is 5.82 Å². The second kappa shape index (κ2) is 6.49. The summed E-state index contributed by atoms with van der Waals surface area (Å²) in [5.74, 6) is 0.0233. The van der Waals surface area contributed by atoms with E-state index in [9.17, 15) is 4.39 Å². The molecule has 28 heavy (non-hydrogen) atoms. The Morgan fingerprint density at radius 2 is 1.96 bits per heavy atom. The van der Waals surface area contributed by atoms with Gasteiger partial charge in [-0.25, -0.2) is 14.4 Å². The molecule has 5 rings (SSSR count). The van der Waals surface area contributed by atoms with E-state index in [4.69, 9.17) is 0 Å². The summed E-state index contributed by atoms with van der Waals surface area (Å²) in [5.41, 5.74) is 2.77. The lowest BCUT2D eigenvalue weighted by Crippen LogP contribution is -2.54. The number of fused-ring (bicyclic) bond motifs is 2. The lowest BCUT2D eigenvalue weighted by Gasteiger charge is -2.37. The standard InChI is InChI=1S/C20H20FN7/c1-12-8-27(9-13(2)24-12)16-3-4-18-14(5-16)7-22-19(25-18)15-6-17(21)20-26-23-11-28(20)10-15/h3-7,10-13,24H,8-9H2,1-2H3/t12-,13-/m0/s1. The Labute approximate surface area is 161 Å². The molecule has 4 aromatic rings. The van der Waals surface area contributed by atoms with Crippen LogP contribution in [0.2, 0.25) is 0 Å². The van der Waals surface area contributed by atoms with Crippen LogP contribution in [0.25, 0.3) is 27.9 Å². The van der Waals surface area contributed by atoms with Crippen molar-refractivity contribution < 1.29 is 4.39 Å². The molecule has 0 unspecified atom stereocenters. The van der Waals surface area contributed by atoms with E-state index in [2.05, 4.69) is 56.4 Å². The van der Waals surface area contributed by atoms with E-state index in [1.165, 1.54) is 22.5 Å². The average Bonchev–Trinajstić information content (AvgIpc) is 3.16. The van der Waals surface area contributed by atoms with Crippen LogP contribution in [0.1, 0.15) is 13.8 Å². The van der Waals surface area contributed by atoms with E-state index in [1.807, 2.05) is 6.07 Å². The third kappa shape index (κ3) is 2.95. The number of anilines is 1. The van der Waals surface area contributed by atoms with Crippen LogP contribution in [0.5, 0.6) is 0 Å². The highest BCUT2D eigenvalue weighted by molar-refractivity contribution is 5.83. The van der Waals surface area contributed by atoms with Crippen molar-refractivity contribution in [2.24, 2.45) is 0 Å². The van der Waals surface area contributed by atoms with Crippen molar-refractivity contribution in [3.05, 3.63) is 48.8 Å². The summed E-state index contributed by atoms with van der Waals surface area (Å²) in [6.45, 7) is 6.33. The van der Waals surface area contributed by atoms with Crippen LogP contribution in [-0.4, -0.2) is 49.7 Å². The quantitative estimate of drug-likeness (QED) is 0.579. The molecule has 3 aromatic heterocycles. The largest absolute Gasteiger partial charge is 0.368 e. The van der Waals surface area contributed by atoms with Gasteiger partial charge in [-0.05, 0) is 38.1 Å². The maximum atomic E-state index is 14.2. The number of nitrogens with zero attached hydrogens (tertiary/aromatic N) is 6. The van der Waals surface area contributed by atoms with E-state index in [0.29, 0.717) is 23.5 Å². The molecule has 4 heterocycles. The minimum absolute atomic E-state index is 0.189. The average molecular weight is 377 g/mol. The minimum atomic E-state index is -0.448. The first-order chi connectivity index (χ1) is 13.6. The van der Waals surface area contributed by atoms with Gasteiger partial charge in [0, 0.05) is 54.2 Å². The normalized spacial score (nSPS) is 20.2. The van der Waals surface area contributed by atoms with Crippen molar-refractivity contribution in [2.75, 3.05) is 18.0 Å². The second-order valence-corrected chi connectivity index (χ2v) is 7.45. The van der Waals surface area contributed by atoms with Gasteiger partial charge in [-0.2, -0.15) is 0 Å². The molecule has 1 N–H and O–H groups in total. The summed E-state index contributed by atoms with van der Waals surface area (Å²) >= 11 is 0. The Kier molecular flexibility index (Phi) is 3.94. The molecular weight excluding hydrogens is 357 g/mol. The first kappa shape index (κ1) is 17.0. The van der Waals surface area contributed by atoms with E-state index in [0.717, 1.165) is 24.0 Å². The van der Waals surface area contributed by atoms with Gasteiger partial charge >= 0.3 is 0 Å². The molecule has 0 aliphatic carbocycles. The summed E-state index contributed by atoms with van der Waals surface area (Å²) in [7, 11) is 0. The molecule has 0 bridgehead atoms. The first-order valence-corrected chi connectivity index (χ1v) is 9.34. The van der Waals surface area contributed by atoms with Crippen LogP contribution >= 0.6 is 0 Å². The molecule has 1 aliphatic rings. The Bertz CT molecular complexity index is 1160. The highest BCUT2D eigenvalue weighted by atomic mass is 19.1. The minimum Gasteiger partial charge on any atom is -0.368 e. The molecule has 0 radical (unpaired) electrons. The predicted octanol–water partition coefficient (Wildman–Crippen LogP) is 2.67. The molecule has 2 atom stereocenters. The van der Waals surface area contributed by atoms with Crippen molar-refractivity contribution in [2.45, 2.75) is 25.9 Å². The topological polar surface area (TPSA) is 71.2 Å². The summed E-state index contributed by atoms with van der Waals surface area (Å²) in [5, 5.41) is 12.0. The SMILES string of the molecule is C[C@H]1CN(c2ccc3nc(-c4cc(F)c5nncn5c4)ncc3c2)C[C@H](C)N1. The van der Waals surface area contributed by atoms with E-state index < -0.39 is 5.82 Å². The molecule has 1 saturated heterocycles. The highest BCUT2D eigenvalue weighted by Gasteiger charge is 2.21. The fourth-order valence-corrected chi connectivity index (χ4v) is 3.91. The Balaban J connectivity index is 1.51. The Hall–Kier alpha value is -3.13. The molecule has 0 spiro atoms. The summed E-state index contributed by atoms with van der Waals surface area (Å²) < 4.78 is 15.7. The number of hydrogen-bond donors (Lipinski definition) is 1. The van der Waals surface area contributed by atoms with E-state index >= 15 is 0 Å². The zero-order chi connectivity index (χ0) is 19.3. The number of pyridine rings is 1. The van der Waals surface area contributed by atoms with Crippen LogP contribution in [0.15, 0.2) is 43.0 Å². The van der Waals surface area contributed by atoms with E-state index in [1.54, 1.807) is 12.4 Å². The number of halogens is 1. The van der Waals surface area contributed by atoms with Gasteiger partial charge in [-0.3, -0.25) is 4.40 Å². The smallest absolute Gasteiger partial charge is 0.196 e. The molecule has 1 aromatic carbocycles. The maximum absolute atomic E-state index is 14.2. The third-order valence-corrected chi connectivity index (χ3v) is 5.09. The zero-order valence-electron chi connectivity index (χ0n) is 15.7. The first-order valence-electron chi connectivity index (χ1n) is 9.34. The van der Waals surface area contributed by atoms with Crippen LogP contribution < -0.4 is 10.2 Å². The number of rotatable bonds is 2. The van der Waals surface area contributed by atoms with Gasteiger partial charge in [0.25, 0.3) is 0 Å². The lowest BCUT2D eigenvalue weighted by molar-refractivity contribution is 0.407. The van der Waals surface area contributed by atoms with E-state index in [-0.39, 0.29) is 5.65 Å². The molecule has 1 fully saturated rings. The van der Waals surface area contributed by atoms with Crippen molar-refractivity contribution in [3.63, 3.8) is 0 Å². The predicted molar refractivity (Wildman–Crippen MR) is 106 cm³/mol. The molecule has 7 nitrogen and oxygen atoms in total. The number of nitrogens with one attached hydrogen (secondary N) is 1. The van der Waals surface area contributed by atoms with Crippen molar-refractivity contribution in [1.29, 1.82) is 0 Å². The van der Waals surface area contributed by atoms with Gasteiger partial charge in [0.1, 0.15) is 6.33 Å². The number of hydrogen-bond acceptors (Lipinski definition) is 6. The molecule has 0 saturated carbocycles. The van der Waals surface area contributed by atoms with Crippen LogP contribution in [0.4, 0.5) is 10.1 Å². The van der Waals surface area contributed by atoms with Gasteiger partial charge in [0.2, 0.25) is 0 Å². The lowest BCUT2D eigenvalue weighted by atomic mass is 10.1. The van der Waals surface area contributed by atoms with Gasteiger partial charge in [0.15, 0.2) is 17.3 Å². The summed E-state index contributed by atoms with van der Waals surface area (Å²) in [6.07, 6.45) is 4.99. The maximum Gasteiger partial charge on any atom is 0.196 e. The van der Waals surface area contributed by atoms with Gasteiger partial charge in [0.05, 0.1) is 5.52 Å². The third-order valence-electron chi connectivity index (χ3n) is 5.09. The summed E-state index contributed by atoms with van der Waals surface area (Å²) in [6, 6.07) is 8.49. The monoisotopic (exact) mass is 377 g/mol. The molecule has 0 amide bonds. The number of aromatic nitrogens is 5. The van der Waals surface area contributed by atoms with Gasteiger partial charge < -0.3 is 10.2 Å². The van der Waals surface area contributed by atoms with Gasteiger partial charge in [-0.15, -0.1) is 10.2 Å². The molecular formula is C20H20FN7. The Morgan fingerprint density at radius 1 is 1.14 bits per heavy atom. The Morgan fingerprint density at radius 3 is 2.79 bits per heavy atom. The highest BCUT2D eigenvalue weighted by Crippen LogP contribution is 2.25. The fourth-order valence-electron chi connectivity index (χ4n) is 3.91. The molecule has 1 aliphatic heterocycles. The number of piperazine rings is 1. The van der Waals surface area contributed by atoms with Crippen molar-refractivity contribution >= 4 is 22.2 Å². The zero-order valence-corrected chi connectivity index (χ0v) is 15.7. The summed E-state index contributed by atoms with van der Waals surface area (Å²) in [4.78, 5) is 11.5. The van der Waals surface area contributed by atoms with Crippen LogP contribution in [-0.2, 0) is 0 Å². The van der Waals surface area contributed by atoms with Crippen LogP contribution in [0.3, 0.4) is 0 Å². The molecule has 8 heteroatoms. The molecule has 142 valence electrons. The van der Waals surface area contributed by atoms with Crippen molar-refractivity contribution in [1.82, 2.24) is 29.9 Å². The fraction of sp³-hybridized carbons (Fsp3) is 0.300.